The number of nitrogens with zero attached hydrogens (tertiary/aromatic N) is 4. The fourth-order valence-corrected chi connectivity index (χ4v) is 5.83. The number of hydrogen-bond acceptors (Lipinski definition) is 8. The predicted molar refractivity (Wildman–Crippen MR) is 189 cm³/mol. The van der Waals surface area contributed by atoms with Crippen molar-refractivity contribution in [2.24, 2.45) is 4.99 Å². The lowest BCUT2D eigenvalue weighted by Crippen LogP contribution is -2.33. The van der Waals surface area contributed by atoms with Gasteiger partial charge in [0.15, 0.2) is 5.82 Å². The van der Waals surface area contributed by atoms with E-state index in [9.17, 15) is 14.6 Å². The van der Waals surface area contributed by atoms with Crippen LogP contribution in [0.1, 0.15) is 45.6 Å². The molecule has 3 heterocycles. The number of rotatable bonds is 7. The fourth-order valence-electron chi connectivity index (χ4n) is 5.70. The molecule has 0 atom stereocenters. The predicted octanol–water partition coefficient (Wildman–Crippen LogP) is 4.03. The molecular formula is C36H34BClN6O5. The summed E-state index contributed by atoms with van der Waals surface area (Å²) < 4.78 is 12.7. The molecule has 11 nitrogen and oxygen atoms in total. The molecule has 0 bridgehead atoms. The highest BCUT2D eigenvalue weighted by atomic mass is 35.5. The van der Waals surface area contributed by atoms with Gasteiger partial charge in [0.25, 0.3) is 5.91 Å². The second-order valence-corrected chi connectivity index (χ2v) is 11.9. The van der Waals surface area contributed by atoms with Crippen LogP contribution in [0.15, 0.2) is 89.9 Å². The number of hydrogen-bond donors (Lipinski definition) is 3. The SMILES string of the molecule is CC(=O)NCCNC(=O)c1cccc(-c2ccc3c(c2)COB3O)c1.COc1ccc2c(c1)C(c1ccc(Cl)cc1)=NCc1nnc(C)n1-2. The normalized spacial score (nSPS) is 12.8. The van der Waals surface area contributed by atoms with Crippen molar-refractivity contribution < 1.29 is 24.0 Å². The van der Waals surface area contributed by atoms with E-state index in [2.05, 4.69) is 20.8 Å². The second kappa shape index (κ2) is 14.9. The van der Waals surface area contributed by atoms with Gasteiger partial charge in [0.2, 0.25) is 5.91 Å². The van der Waals surface area contributed by atoms with E-state index in [1.165, 1.54) is 6.92 Å². The lowest BCUT2D eigenvalue weighted by Gasteiger charge is -2.14. The van der Waals surface area contributed by atoms with Crippen LogP contribution in [-0.2, 0) is 22.6 Å². The molecule has 2 aliphatic rings. The van der Waals surface area contributed by atoms with Crippen molar-refractivity contribution >= 4 is 41.7 Å². The Hall–Kier alpha value is -5.30. The molecule has 7 rings (SSSR count). The summed E-state index contributed by atoms with van der Waals surface area (Å²) in [7, 11) is 0.803. The molecule has 5 aromatic rings. The van der Waals surface area contributed by atoms with Crippen LogP contribution in [0, 0.1) is 6.92 Å². The Bertz CT molecular complexity index is 2050. The molecule has 0 saturated heterocycles. The third-order valence-electron chi connectivity index (χ3n) is 8.14. The maximum Gasteiger partial charge on any atom is 0.491 e. The minimum atomic E-state index is -0.857. The van der Waals surface area contributed by atoms with Gasteiger partial charge in [-0.2, -0.15) is 0 Å². The second-order valence-electron chi connectivity index (χ2n) is 11.5. The van der Waals surface area contributed by atoms with Gasteiger partial charge in [-0.1, -0.05) is 48.0 Å². The highest BCUT2D eigenvalue weighted by Gasteiger charge is 2.27. The Kier molecular flexibility index (Phi) is 10.2. The lowest BCUT2D eigenvalue weighted by atomic mass is 9.79. The summed E-state index contributed by atoms with van der Waals surface area (Å²) in [6.07, 6.45) is 0. The average Bonchev–Trinajstić information content (AvgIpc) is 3.63. The fraction of sp³-hybridized carbons (Fsp3) is 0.194. The molecule has 0 spiro atoms. The molecule has 0 fully saturated rings. The van der Waals surface area contributed by atoms with Gasteiger partial charge in [0, 0.05) is 41.7 Å². The van der Waals surface area contributed by atoms with Gasteiger partial charge < -0.3 is 25.0 Å². The van der Waals surface area contributed by atoms with Gasteiger partial charge in [-0.15, -0.1) is 10.2 Å². The van der Waals surface area contributed by atoms with E-state index >= 15 is 0 Å². The Morgan fingerprint density at radius 3 is 2.49 bits per heavy atom. The molecule has 4 aromatic carbocycles. The van der Waals surface area contributed by atoms with Gasteiger partial charge in [-0.3, -0.25) is 19.1 Å². The van der Waals surface area contributed by atoms with Crippen LogP contribution in [0.2, 0.25) is 5.02 Å². The number of nitrogens with one attached hydrogen (secondary N) is 2. The maximum atomic E-state index is 12.2. The Morgan fingerprint density at radius 1 is 0.959 bits per heavy atom. The first kappa shape index (κ1) is 33.6. The number of aromatic nitrogens is 3. The quantitative estimate of drug-likeness (QED) is 0.175. The minimum absolute atomic E-state index is 0.123. The molecule has 0 saturated carbocycles. The van der Waals surface area contributed by atoms with Gasteiger partial charge in [-0.25, -0.2) is 0 Å². The molecular weight excluding hydrogens is 643 g/mol. The number of carbonyl (C=O) groups excluding carboxylic acids is 2. The van der Waals surface area contributed by atoms with Crippen molar-refractivity contribution in [2.45, 2.75) is 27.0 Å². The van der Waals surface area contributed by atoms with Crippen molar-refractivity contribution in [3.05, 3.63) is 124 Å². The molecule has 49 heavy (non-hydrogen) atoms. The highest BCUT2D eigenvalue weighted by molar-refractivity contribution is 6.61. The number of halogens is 1. The van der Waals surface area contributed by atoms with Crippen molar-refractivity contribution in [2.75, 3.05) is 20.2 Å². The minimum Gasteiger partial charge on any atom is -0.497 e. The molecule has 3 N–H and O–H groups in total. The van der Waals surface area contributed by atoms with Gasteiger partial charge in [0.1, 0.15) is 18.1 Å². The van der Waals surface area contributed by atoms with Crippen molar-refractivity contribution in [3.8, 4) is 22.6 Å². The lowest BCUT2D eigenvalue weighted by molar-refractivity contribution is -0.118. The highest BCUT2D eigenvalue weighted by Crippen LogP contribution is 2.29. The number of fused-ring (bicyclic) bond motifs is 4. The first-order chi connectivity index (χ1) is 23.7. The summed E-state index contributed by atoms with van der Waals surface area (Å²) in [5.74, 6) is 2.13. The molecule has 248 valence electrons. The number of amides is 2. The summed E-state index contributed by atoms with van der Waals surface area (Å²) in [5.41, 5.74) is 8.06. The van der Waals surface area contributed by atoms with Crippen LogP contribution in [0.25, 0.3) is 16.8 Å². The van der Waals surface area contributed by atoms with E-state index < -0.39 is 7.12 Å². The molecule has 1 aromatic heterocycles. The van der Waals surface area contributed by atoms with Crippen LogP contribution < -0.4 is 20.8 Å². The largest absolute Gasteiger partial charge is 0.497 e. The standard InChI is InChI=1S/C18H19BN2O4.C18H15ClN4O/c1-12(22)20-7-8-21-18(23)15-4-2-3-13(9-15)14-5-6-17-16(10-14)11-25-19(17)24;1-11-21-22-17-10-20-18(12-3-5-13(19)6-4-12)15-9-14(24-2)7-8-16(15)23(11)17/h2-6,9-10,24H,7-8,11H2,1H3,(H,20,22)(H,21,23);3-9H,10H2,1-2H3. The summed E-state index contributed by atoms with van der Waals surface area (Å²) >= 11 is 6.02. The molecule has 0 unspecified atom stereocenters. The zero-order valence-electron chi connectivity index (χ0n) is 27.2. The van der Waals surface area contributed by atoms with Gasteiger partial charge in [-0.05, 0) is 77.6 Å². The van der Waals surface area contributed by atoms with E-state index in [1.54, 1.807) is 13.2 Å². The summed E-state index contributed by atoms with van der Waals surface area (Å²) in [6, 6.07) is 26.7. The first-order valence-corrected chi connectivity index (χ1v) is 16.0. The Labute approximate surface area is 289 Å². The Balaban J connectivity index is 0.000000170. The third kappa shape index (κ3) is 7.57. The average molecular weight is 677 g/mol. The van der Waals surface area contributed by atoms with Crippen LogP contribution in [-0.4, -0.2) is 64.6 Å². The molecule has 2 amide bonds. The summed E-state index contributed by atoms with van der Waals surface area (Å²) in [5, 5.41) is 24.2. The van der Waals surface area contributed by atoms with Crippen molar-refractivity contribution in [1.82, 2.24) is 25.4 Å². The van der Waals surface area contributed by atoms with E-state index in [4.69, 9.17) is 26.0 Å². The van der Waals surface area contributed by atoms with Crippen LogP contribution in [0.4, 0.5) is 0 Å². The van der Waals surface area contributed by atoms with E-state index in [1.807, 2.05) is 90.4 Å². The van der Waals surface area contributed by atoms with Crippen molar-refractivity contribution in [1.29, 1.82) is 0 Å². The number of benzene rings is 4. The Morgan fingerprint density at radius 2 is 1.71 bits per heavy atom. The van der Waals surface area contributed by atoms with E-state index in [0.717, 1.165) is 62.1 Å². The summed E-state index contributed by atoms with van der Waals surface area (Å²) in [4.78, 5) is 27.8. The van der Waals surface area contributed by atoms with Gasteiger partial charge >= 0.3 is 7.12 Å². The van der Waals surface area contributed by atoms with Gasteiger partial charge in [0.05, 0.1) is 25.1 Å². The van der Waals surface area contributed by atoms with Crippen molar-refractivity contribution in [3.63, 3.8) is 0 Å². The number of carbonyl (C=O) groups is 2. The first-order valence-electron chi connectivity index (χ1n) is 15.7. The number of ether oxygens (including phenoxy) is 1. The number of aliphatic imine (C=N–C) groups is 1. The third-order valence-corrected chi connectivity index (χ3v) is 8.39. The topological polar surface area (TPSA) is 140 Å². The molecule has 13 heteroatoms. The molecule has 0 radical (unpaired) electrons. The van der Waals surface area contributed by atoms with E-state index in [0.29, 0.717) is 36.8 Å². The molecule has 2 aliphatic heterocycles. The number of methoxy groups -OCH3 is 1. The molecule has 0 aliphatic carbocycles. The zero-order chi connectivity index (χ0) is 34.5. The van der Waals surface area contributed by atoms with E-state index in [-0.39, 0.29) is 11.8 Å². The number of aryl methyl sites for hydroxylation is 1. The van der Waals surface area contributed by atoms with Crippen LogP contribution in [0.5, 0.6) is 5.75 Å². The van der Waals surface area contributed by atoms with Crippen LogP contribution >= 0.6 is 11.6 Å². The smallest absolute Gasteiger partial charge is 0.491 e. The van der Waals surface area contributed by atoms with Crippen LogP contribution in [0.3, 0.4) is 0 Å². The summed E-state index contributed by atoms with van der Waals surface area (Å²) in [6.45, 7) is 5.00. The monoisotopic (exact) mass is 676 g/mol. The maximum absolute atomic E-state index is 12.2. The zero-order valence-corrected chi connectivity index (χ0v) is 28.0.